The molecule has 1 amide bonds. The molecule has 136 valence electrons. The Morgan fingerprint density at radius 2 is 1.93 bits per heavy atom. The van der Waals surface area contributed by atoms with Crippen LogP contribution in [0.1, 0.15) is 41.8 Å². The topological polar surface area (TPSA) is 85.6 Å². The third-order valence-corrected chi connectivity index (χ3v) is 4.52. The second-order valence-corrected chi connectivity index (χ2v) is 6.87. The molecule has 27 heavy (non-hydrogen) atoms. The number of imidazole rings is 1. The predicted molar refractivity (Wildman–Crippen MR) is 105 cm³/mol. The number of anilines is 1. The van der Waals surface area contributed by atoms with Gasteiger partial charge in [-0.3, -0.25) is 9.78 Å². The Labute approximate surface area is 156 Å². The summed E-state index contributed by atoms with van der Waals surface area (Å²) in [5, 5.41) is 12.2. The summed E-state index contributed by atoms with van der Waals surface area (Å²) in [5.74, 6) is 0.683. The van der Waals surface area contributed by atoms with Crippen LogP contribution in [0.3, 0.4) is 0 Å². The van der Waals surface area contributed by atoms with E-state index in [1.807, 2.05) is 38.1 Å². The minimum Gasteiger partial charge on any atom is -0.324 e. The normalized spacial score (nSPS) is 11.4. The zero-order valence-electron chi connectivity index (χ0n) is 15.7. The Morgan fingerprint density at radius 1 is 1.11 bits per heavy atom. The van der Waals surface area contributed by atoms with E-state index >= 15 is 0 Å². The first-order chi connectivity index (χ1) is 12.9. The Hall–Kier alpha value is -3.35. The van der Waals surface area contributed by atoms with E-state index in [1.54, 1.807) is 12.3 Å². The van der Waals surface area contributed by atoms with Crippen LogP contribution in [-0.4, -0.2) is 30.6 Å². The highest BCUT2D eigenvalue weighted by atomic mass is 16.1. The van der Waals surface area contributed by atoms with Crippen LogP contribution in [0, 0.1) is 13.8 Å². The van der Waals surface area contributed by atoms with E-state index in [9.17, 15) is 4.79 Å². The number of fused-ring (bicyclic) bond motifs is 3. The molecule has 0 saturated heterocycles. The molecule has 0 radical (unpaired) electrons. The zero-order chi connectivity index (χ0) is 19.1. The summed E-state index contributed by atoms with van der Waals surface area (Å²) >= 11 is 0. The summed E-state index contributed by atoms with van der Waals surface area (Å²) < 4.78 is 2.12. The SMILES string of the molecule is Cc1ccc(NC(=O)c2ccc3nnc4nc(C)n(C(C)C)c4c3c2)cn1. The Balaban J connectivity index is 1.81. The van der Waals surface area contributed by atoms with Crippen molar-refractivity contribution in [3.05, 3.63) is 53.6 Å². The molecule has 4 aromatic rings. The molecule has 1 aromatic carbocycles. The Morgan fingerprint density at radius 3 is 2.63 bits per heavy atom. The third kappa shape index (κ3) is 3.01. The minimum absolute atomic E-state index is 0.195. The minimum atomic E-state index is -0.195. The molecular formula is C20H20N6O. The smallest absolute Gasteiger partial charge is 0.255 e. The number of carbonyl (C=O) groups excluding carboxylic acids is 1. The number of benzene rings is 1. The van der Waals surface area contributed by atoms with Crippen molar-refractivity contribution in [3.8, 4) is 0 Å². The molecule has 7 heteroatoms. The highest BCUT2D eigenvalue weighted by Gasteiger charge is 2.17. The fourth-order valence-corrected chi connectivity index (χ4v) is 3.28. The molecule has 0 fully saturated rings. The van der Waals surface area contributed by atoms with E-state index in [4.69, 9.17) is 0 Å². The van der Waals surface area contributed by atoms with Gasteiger partial charge in [0.15, 0.2) is 0 Å². The lowest BCUT2D eigenvalue weighted by molar-refractivity contribution is 0.102. The second-order valence-electron chi connectivity index (χ2n) is 6.87. The first kappa shape index (κ1) is 17.1. The summed E-state index contributed by atoms with van der Waals surface area (Å²) in [4.78, 5) is 21.4. The summed E-state index contributed by atoms with van der Waals surface area (Å²) in [6.07, 6.45) is 1.65. The summed E-state index contributed by atoms with van der Waals surface area (Å²) in [5.41, 5.74) is 4.33. The number of amides is 1. The molecule has 1 N–H and O–H groups in total. The highest BCUT2D eigenvalue weighted by molar-refractivity contribution is 6.09. The van der Waals surface area contributed by atoms with Gasteiger partial charge in [-0.1, -0.05) is 0 Å². The highest BCUT2D eigenvalue weighted by Crippen LogP contribution is 2.27. The standard InChI is InChI=1S/C20H20N6O/c1-11(2)26-13(4)22-19-18(26)16-9-14(6-8-17(16)24-25-19)20(27)23-15-7-5-12(3)21-10-15/h5-11H,1-4H3,(H,23,27). The van der Waals surface area contributed by atoms with Crippen molar-refractivity contribution in [1.82, 2.24) is 24.7 Å². The van der Waals surface area contributed by atoms with E-state index < -0.39 is 0 Å². The van der Waals surface area contributed by atoms with E-state index in [0.29, 0.717) is 16.9 Å². The van der Waals surface area contributed by atoms with Gasteiger partial charge in [-0.2, -0.15) is 0 Å². The lowest BCUT2D eigenvalue weighted by Crippen LogP contribution is -2.12. The Kier molecular flexibility index (Phi) is 4.07. The molecule has 4 rings (SSSR count). The van der Waals surface area contributed by atoms with Gasteiger partial charge in [0.25, 0.3) is 5.91 Å². The second kappa shape index (κ2) is 6.42. The maximum atomic E-state index is 12.7. The molecule has 3 aromatic heterocycles. The van der Waals surface area contributed by atoms with Crippen LogP contribution in [0.4, 0.5) is 5.69 Å². The van der Waals surface area contributed by atoms with Crippen LogP contribution in [0.2, 0.25) is 0 Å². The molecule has 0 unspecified atom stereocenters. The summed E-state index contributed by atoms with van der Waals surface area (Å²) in [7, 11) is 0. The van der Waals surface area contributed by atoms with Crippen molar-refractivity contribution in [1.29, 1.82) is 0 Å². The van der Waals surface area contributed by atoms with Crippen LogP contribution in [0.15, 0.2) is 36.5 Å². The fourth-order valence-electron chi connectivity index (χ4n) is 3.28. The third-order valence-electron chi connectivity index (χ3n) is 4.52. The van der Waals surface area contributed by atoms with Crippen molar-refractivity contribution in [2.75, 3.05) is 5.32 Å². The maximum Gasteiger partial charge on any atom is 0.255 e. The molecule has 0 atom stereocenters. The van der Waals surface area contributed by atoms with Crippen molar-refractivity contribution in [3.63, 3.8) is 0 Å². The summed E-state index contributed by atoms with van der Waals surface area (Å²) in [6.45, 7) is 8.05. The van der Waals surface area contributed by atoms with Gasteiger partial charge in [-0.05, 0) is 58.0 Å². The number of nitrogens with one attached hydrogen (secondary N) is 1. The number of aromatic nitrogens is 5. The Bertz CT molecular complexity index is 1160. The van der Waals surface area contributed by atoms with Gasteiger partial charge in [0.05, 0.1) is 22.9 Å². The molecule has 0 aliphatic carbocycles. The van der Waals surface area contributed by atoms with Crippen LogP contribution < -0.4 is 5.32 Å². The van der Waals surface area contributed by atoms with Crippen molar-refractivity contribution in [2.24, 2.45) is 0 Å². The van der Waals surface area contributed by atoms with Gasteiger partial charge in [0.2, 0.25) is 5.65 Å². The fraction of sp³-hybridized carbons (Fsp3) is 0.250. The van der Waals surface area contributed by atoms with E-state index in [1.165, 1.54) is 0 Å². The average molecular weight is 360 g/mol. The number of rotatable bonds is 3. The molecule has 3 heterocycles. The van der Waals surface area contributed by atoms with Crippen molar-refractivity contribution < 1.29 is 4.79 Å². The largest absolute Gasteiger partial charge is 0.324 e. The molecule has 0 bridgehead atoms. The molecule has 0 saturated carbocycles. The van der Waals surface area contributed by atoms with Gasteiger partial charge in [-0.15, -0.1) is 10.2 Å². The molecule has 7 nitrogen and oxygen atoms in total. The van der Waals surface area contributed by atoms with E-state index in [0.717, 1.165) is 27.9 Å². The van der Waals surface area contributed by atoms with Crippen molar-refractivity contribution in [2.45, 2.75) is 33.7 Å². The van der Waals surface area contributed by atoms with E-state index in [2.05, 4.69) is 43.9 Å². The summed E-state index contributed by atoms with van der Waals surface area (Å²) in [6, 6.07) is 9.34. The monoisotopic (exact) mass is 360 g/mol. The van der Waals surface area contributed by atoms with Crippen molar-refractivity contribution >= 4 is 33.7 Å². The number of nitrogens with zero attached hydrogens (tertiary/aromatic N) is 5. The van der Waals surface area contributed by atoms with Crippen LogP contribution in [-0.2, 0) is 0 Å². The van der Waals surface area contributed by atoms with Gasteiger partial charge < -0.3 is 9.88 Å². The average Bonchev–Trinajstić information content (AvgIpc) is 2.99. The maximum absolute atomic E-state index is 12.7. The molecule has 0 aliphatic rings. The predicted octanol–water partition coefficient (Wildman–Crippen LogP) is 3.82. The quantitative estimate of drug-likeness (QED) is 0.600. The number of aryl methyl sites for hydroxylation is 2. The van der Waals surface area contributed by atoms with Crippen LogP contribution in [0.25, 0.3) is 22.1 Å². The van der Waals surface area contributed by atoms with Gasteiger partial charge in [-0.25, -0.2) is 4.98 Å². The first-order valence-electron chi connectivity index (χ1n) is 8.83. The zero-order valence-corrected chi connectivity index (χ0v) is 15.7. The lowest BCUT2D eigenvalue weighted by atomic mass is 10.1. The van der Waals surface area contributed by atoms with Crippen LogP contribution in [0.5, 0.6) is 0 Å². The number of pyridine rings is 1. The number of hydrogen-bond acceptors (Lipinski definition) is 5. The van der Waals surface area contributed by atoms with Crippen LogP contribution >= 0.6 is 0 Å². The number of hydrogen-bond donors (Lipinski definition) is 1. The van der Waals surface area contributed by atoms with E-state index in [-0.39, 0.29) is 11.9 Å². The van der Waals surface area contributed by atoms with Gasteiger partial charge in [0.1, 0.15) is 5.82 Å². The lowest BCUT2D eigenvalue weighted by Gasteiger charge is -2.12. The molecule has 0 spiro atoms. The molecule has 0 aliphatic heterocycles. The molecular weight excluding hydrogens is 340 g/mol. The van der Waals surface area contributed by atoms with Gasteiger partial charge >= 0.3 is 0 Å². The number of carbonyl (C=O) groups is 1. The first-order valence-corrected chi connectivity index (χ1v) is 8.83. The van der Waals surface area contributed by atoms with Gasteiger partial charge in [0, 0.05) is 22.7 Å².